The van der Waals surface area contributed by atoms with Gasteiger partial charge in [0, 0.05) is 11.7 Å². The average molecular weight is 290 g/mol. The molecule has 1 aliphatic rings. The Morgan fingerprint density at radius 1 is 1.24 bits per heavy atom. The third kappa shape index (κ3) is 4.19. The largest absolute Gasteiger partial charge is 0.478 e. The fourth-order valence-corrected chi connectivity index (χ4v) is 3.32. The van der Waals surface area contributed by atoms with Crippen molar-refractivity contribution < 1.29 is 9.90 Å². The molecule has 1 saturated carbocycles. The van der Waals surface area contributed by atoms with Gasteiger partial charge in [-0.05, 0) is 49.1 Å². The zero-order valence-corrected chi connectivity index (χ0v) is 13.4. The van der Waals surface area contributed by atoms with Crippen molar-refractivity contribution in [3.63, 3.8) is 0 Å². The zero-order chi connectivity index (χ0) is 15.6. The maximum Gasteiger partial charge on any atom is 0.335 e. The van der Waals surface area contributed by atoms with Crippen molar-refractivity contribution >= 4 is 11.8 Å². The summed E-state index contributed by atoms with van der Waals surface area (Å²) in [6.45, 7) is 8.63. The second-order valence-electron chi connectivity index (χ2n) is 6.88. The second-order valence-corrected chi connectivity index (χ2v) is 6.88. The summed E-state index contributed by atoms with van der Waals surface area (Å²) >= 11 is 0. The average Bonchev–Trinajstić information content (AvgIpc) is 2.36. The number of nitrogens with one attached hydrogen (secondary N) is 1. The molecule has 21 heavy (non-hydrogen) atoms. The quantitative estimate of drug-likeness (QED) is 0.874. The predicted octanol–water partition coefficient (Wildman–Crippen LogP) is 4.14. The van der Waals surface area contributed by atoms with Gasteiger partial charge < -0.3 is 10.4 Å². The van der Waals surface area contributed by atoms with Crippen molar-refractivity contribution in [2.24, 2.45) is 11.8 Å². The van der Waals surface area contributed by atoms with Crippen LogP contribution in [0.25, 0.3) is 0 Å². The van der Waals surface area contributed by atoms with Crippen LogP contribution in [-0.2, 0) is 0 Å². The fraction of sp³-hybridized carbons (Fsp3) is 0.647. The van der Waals surface area contributed by atoms with Crippen molar-refractivity contribution in [1.82, 2.24) is 4.98 Å². The molecule has 1 heterocycles. The minimum absolute atomic E-state index is 0.217. The number of carboxylic acids is 1. The van der Waals surface area contributed by atoms with Crippen LogP contribution in [0.15, 0.2) is 12.1 Å². The van der Waals surface area contributed by atoms with E-state index < -0.39 is 5.97 Å². The Morgan fingerprint density at radius 2 is 1.86 bits per heavy atom. The lowest BCUT2D eigenvalue weighted by Gasteiger charge is -2.32. The van der Waals surface area contributed by atoms with Gasteiger partial charge in [-0.15, -0.1) is 0 Å². The number of carbonyl (C=O) groups is 1. The molecule has 1 fully saturated rings. The Balaban J connectivity index is 2.20. The monoisotopic (exact) mass is 290 g/mol. The lowest BCUT2D eigenvalue weighted by Crippen LogP contribution is -2.30. The Labute approximate surface area is 127 Å². The highest BCUT2D eigenvalue weighted by molar-refractivity contribution is 5.88. The van der Waals surface area contributed by atoms with Gasteiger partial charge in [-0.3, -0.25) is 0 Å². The summed E-state index contributed by atoms with van der Waals surface area (Å²) in [5.74, 6) is 1.43. The summed E-state index contributed by atoms with van der Waals surface area (Å²) in [5, 5.41) is 12.7. The van der Waals surface area contributed by atoms with Gasteiger partial charge in [-0.2, -0.15) is 0 Å². The maximum absolute atomic E-state index is 11.3. The number of anilines is 1. The number of hydrogen-bond donors (Lipinski definition) is 2. The van der Waals surface area contributed by atoms with E-state index in [1.165, 1.54) is 6.42 Å². The van der Waals surface area contributed by atoms with Crippen LogP contribution < -0.4 is 5.32 Å². The molecule has 0 aromatic carbocycles. The first kappa shape index (κ1) is 15.8. The first-order valence-corrected chi connectivity index (χ1v) is 7.87. The van der Waals surface area contributed by atoms with Crippen LogP contribution in [0.3, 0.4) is 0 Å². The highest BCUT2D eigenvalue weighted by Gasteiger charge is 2.24. The van der Waals surface area contributed by atoms with Crippen LogP contribution in [-0.4, -0.2) is 22.1 Å². The molecule has 2 atom stereocenters. The summed E-state index contributed by atoms with van der Waals surface area (Å²) in [6, 6.07) is 3.71. The molecule has 2 rings (SSSR count). The molecule has 1 aromatic rings. The Kier molecular flexibility index (Phi) is 4.86. The molecule has 0 aliphatic heterocycles. The maximum atomic E-state index is 11.3. The van der Waals surface area contributed by atoms with Crippen LogP contribution in [0.1, 0.15) is 68.9 Å². The molecule has 0 saturated heterocycles. The van der Waals surface area contributed by atoms with Gasteiger partial charge in [0.25, 0.3) is 0 Å². The summed E-state index contributed by atoms with van der Waals surface area (Å²) in [7, 11) is 0. The van der Waals surface area contributed by atoms with Crippen LogP contribution in [0, 0.1) is 11.8 Å². The Morgan fingerprint density at radius 3 is 2.38 bits per heavy atom. The Hall–Kier alpha value is -1.58. The fourth-order valence-electron chi connectivity index (χ4n) is 3.32. The number of aromatic nitrogens is 1. The van der Waals surface area contributed by atoms with Gasteiger partial charge >= 0.3 is 5.97 Å². The van der Waals surface area contributed by atoms with E-state index in [-0.39, 0.29) is 5.92 Å². The van der Waals surface area contributed by atoms with E-state index in [1.54, 1.807) is 12.1 Å². The van der Waals surface area contributed by atoms with Crippen molar-refractivity contribution in [3.05, 3.63) is 23.4 Å². The van der Waals surface area contributed by atoms with Crippen molar-refractivity contribution in [1.29, 1.82) is 0 Å². The van der Waals surface area contributed by atoms with Crippen LogP contribution in [0.5, 0.6) is 0 Å². The van der Waals surface area contributed by atoms with E-state index >= 15 is 0 Å². The third-order valence-corrected chi connectivity index (χ3v) is 4.21. The number of pyridine rings is 1. The van der Waals surface area contributed by atoms with E-state index in [1.807, 2.05) is 13.8 Å². The summed E-state index contributed by atoms with van der Waals surface area (Å²) in [6.07, 6.45) is 3.53. The van der Waals surface area contributed by atoms with Crippen LogP contribution >= 0.6 is 0 Å². The number of aromatic carboxylic acids is 1. The molecule has 2 N–H and O–H groups in total. The highest BCUT2D eigenvalue weighted by Crippen LogP contribution is 2.30. The predicted molar refractivity (Wildman–Crippen MR) is 84.9 cm³/mol. The lowest BCUT2D eigenvalue weighted by atomic mass is 9.80. The summed E-state index contributed by atoms with van der Waals surface area (Å²) in [4.78, 5) is 15.9. The van der Waals surface area contributed by atoms with Gasteiger partial charge in [-0.1, -0.05) is 27.7 Å². The molecule has 1 aliphatic carbocycles. The molecule has 0 spiro atoms. The number of nitrogens with zero attached hydrogens (tertiary/aromatic N) is 1. The molecule has 0 bridgehead atoms. The normalized spacial score (nSPS) is 25.9. The summed E-state index contributed by atoms with van der Waals surface area (Å²) in [5.41, 5.74) is 1.14. The zero-order valence-electron chi connectivity index (χ0n) is 13.4. The van der Waals surface area contributed by atoms with Crippen molar-refractivity contribution in [2.45, 2.75) is 58.9 Å². The van der Waals surface area contributed by atoms with Crippen LogP contribution in [0.2, 0.25) is 0 Å². The molecular weight excluding hydrogens is 264 g/mol. The lowest BCUT2D eigenvalue weighted by molar-refractivity contribution is 0.0696. The second kappa shape index (κ2) is 6.46. The van der Waals surface area contributed by atoms with Crippen LogP contribution in [0.4, 0.5) is 5.82 Å². The first-order valence-electron chi connectivity index (χ1n) is 7.87. The van der Waals surface area contributed by atoms with Gasteiger partial charge in [0.2, 0.25) is 0 Å². The van der Waals surface area contributed by atoms with E-state index in [0.717, 1.165) is 18.5 Å². The van der Waals surface area contributed by atoms with E-state index in [9.17, 15) is 9.90 Å². The molecule has 4 heteroatoms. The summed E-state index contributed by atoms with van der Waals surface area (Å²) < 4.78 is 0. The van der Waals surface area contributed by atoms with Gasteiger partial charge in [0.05, 0.1) is 5.56 Å². The minimum atomic E-state index is -0.896. The highest BCUT2D eigenvalue weighted by atomic mass is 16.4. The smallest absolute Gasteiger partial charge is 0.335 e. The number of carboxylic acid groups (broad SMARTS) is 1. The molecule has 0 radical (unpaired) electrons. The van der Waals surface area contributed by atoms with E-state index in [2.05, 4.69) is 24.1 Å². The molecule has 2 unspecified atom stereocenters. The first-order chi connectivity index (χ1) is 9.85. The van der Waals surface area contributed by atoms with Gasteiger partial charge in [0.15, 0.2) is 0 Å². The van der Waals surface area contributed by atoms with Gasteiger partial charge in [0.1, 0.15) is 5.82 Å². The third-order valence-electron chi connectivity index (χ3n) is 4.21. The van der Waals surface area contributed by atoms with Gasteiger partial charge in [-0.25, -0.2) is 9.78 Å². The molecule has 116 valence electrons. The molecule has 1 aromatic heterocycles. The number of hydrogen-bond acceptors (Lipinski definition) is 3. The van der Waals surface area contributed by atoms with Crippen molar-refractivity contribution in [2.75, 3.05) is 5.32 Å². The van der Waals surface area contributed by atoms with E-state index in [0.29, 0.717) is 29.3 Å². The van der Waals surface area contributed by atoms with Crippen molar-refractivity contribution in [3.8, 4) is 0 Å². The number of rotatable bonds is 4. The molecule has 4 nitrogen and oxygen atoms in total. The topological polar surface area (TPSA) is 62.2 Å². The minimum Gasteiger partial charge on any atom is -0.478 e. The SMILES string of the molecule is CC1CC(C)CC(Nc2cc(C(=O)O)cc(C(C)C)n2)C1. The Bertz CT molecular complexity index is 504. The molecular formula is C17H26N2O2. The molecule has 0 amide bonds. The van der Waals surface area contributed by atoms with E-state index in [4.69, 9.17) is 0 Å². The standard InChI is InChI=1S/C17H26N2O2/c1-10(2)15-8-13(17(20)21)9-16(19-15)18-14-6-11(3)5-12(4)7-14/h8-12,14H,5-7H2,1-4H3,(H,18,19)(H,20,21).